The van der Waals surface area contributed by atoms with Crippen molar-refractivity contribution >= 4 is 21.8 Å². The minimum atomic E-state index is -3.31. The van der Waals surface area contributed by atoms with Gasteiger partial charge in [-0.2, -0.15) is 0 Å². The van der Waals surface area contributed by atoms with E-state index in [1.807, 2.05) is 0 Å². The van der Waals surface area contributed by atoms with Crippen LogP contribution in [0.5, 0.6) is 0 Å². The number of hydrogen-bond acceptors (Lipinski definition) is 5. The van der Waals surface area contributed by atoms with Gasteiger partial charge < -0.3 is 20.1 Å². The van der Waals surface area contributed by atoms with E-state index in [-0.39, 0.29) is 24.7 Å². The summed E-state index contributed by atoms with van der Waals surface area (Å²) in [6.45, 7) is 3.81. The first-order chi connectivity index (χ1) is 9.56. The lowest BCUT2D eigenvalue weighted by Crippen LogP contribution is -2.59. The van der Waals surface area contributed by atoms with Crippen LogP contribution in [-0.4, -0.2) is 73.8 Å². The van der Waals surface area contributed by atoms with Crippen LogP contribution in [0.3, 0.4) is 0 Å². The van der Waals surface area contributed by atoms with Crippen molar-refractivity contribution in [3.63, 3.8) is 0 Å². The van der Waals surface area contributed by atoms with Gasteiger partial charge in [-0.15, -0.1) is 0 Å². The Morgan fingerprint density at radius 3 is 2.57 bits per heavy atom. The molecule has 9 heteroatoms. The molecule has 1 atom stereocenters. The Morgan fingerprint density at radius 1 is 1.43 bits per heavy atom. The van der Waals surface area contributed by atoms with Crippen molar-refractivity contribution in [3.8, 4) is 0 Å². The van der Waals surface area contributed by atoms with Crippen LogP contribution < -0.4 is 5.32 Å². The van der Waals surface area contributed by atoms with Gasteiger partial charge in [0.05, 0.1) is 36.1 Å². The number of hydrogen-bond donors (Lipinski definition) is 2. The highest BCUT2D eigenvalue weighted by molar-refractivity contribution is 7.91. The van der Waals surface area contributed by atoms with Crippen molar-refractivity contribution < 1.29 is 27.9 Å². The molecule has 0 bridgehead atoms. The minimum absolute atomic E-state index is 0.00479. The number of amides is 2. The van der Waals surface area contributed by atoms with Crippen molar-refractivity contribution in [1.29, 1.82) is 0 Å². The standard InChI is InChI=1S/C12H22N2O6S/c1-12(2,8-20-3)13-11(17)14-4-5-21(18,19)7-9(14)6-10(15)16/h9H,4-8H2,1-3H3,(H,13,17)(H,15,16). The topological polar surface area (TPSA) is 113 Å². The Labute approximate surface area is 124 Å². The first kappa shape index (κ1) is 17.7. The van der Waals surface area contributed by atoms with Gasteiger partial charge in [-0.25, -0.2) is 13.2 Å². The van der Waals surface area contributed by atoms with Crippen molar-refractivity contribution in [2.75, 3.05) is 31.8 Å². The summed E-state index contributed by atoms with van der Waals surface area (Å²) in [5.74, 6) is -1.61. The quantitative estimate of drug-likeness (QED) is 0.718. The minimum Gasteiger partial charge on any atom is -0.481 e. The second-order valence-corrected chi connectivity index (χ2v) is 8.04. The molecule has 0 aromatic carbocycles. The van der Waals surface area contributed by atoms with E-state index < -0.39 is 39.8 Å². The molecule has 122 valence electrons. The molecule has 1 fully saturated rings. The predicted octanol–water partition coefficient (Wildman–Crippen LogP) is -0.305. The second-order valence-electron chi connectivity index (χ2n) is 5.81. The van der Waals surface area contributed by atoms with E-state index in [4.69, 9.17) is 9.84 Å². The fraction of sp³-hybridized carbons (Fsp3) is 0.833. The number of rotatable bonds is 5. The number of nitrogens with one attached hydrogen (secondary N) is 1. The lowest BCUT2D eigenvalue weighted by atomic mass is 10.1. The molecule has 1 aliphatic heterocycles. The molecular formula is C12H22N2O6S. The third kappa shape index (κ3) is 5.50. The Balaban J connectivity index is 2.82. The van der Waals surface area contributed by atoms with E-state index >= 15 is 0 Å². The third-order valence-electron chi connectivity index (χ3n) is 3.15. The first-order valence-corrected chi connectivity index (χ1v) is 8.38. The molecule has 21 heavy (non-hydrogen) atoms. The fourth-order valence-corrected chi connectivity index (χ4v) is 3.81. The van der Waals surface area contributed by atoms with Crippen LogP contribution in [0.25, 0.3) is 0 Å². The zero-order valence-corrected chi connectivity index (χ0v) is 13.3. The van der Waals surface area contributed by atoms with E-state index in [0.29, 0.717) is 0 Å². The average Bonchev–Trinajstić information content (AvgIpc) is 2.25. The van der Waals surface area contributed by atoms with E-state index in [9.17, 15) is 18.0 Å². The number of carbonyl (C=O) groups is 2. The molecule has 1 heterocycles. The van der Waals surface area contributed by atoms with Crippen LogP contribution in [0, 0.1) is 0 Å². The number of sulfone groups is 1. The molecule has 1 aliphatic rings. The molecule has 1 saturated heterocycles. The number of urea groups is 1. The van der Waals surface area contributed by atoms with Crippen molar-refractivity contribution in [3.05, 3.63) is 0 Å². The molecule has 0 aromatic rings. The van der Waals surface area contributed by atoms with Crippen LogP contribution >= 0.6 is 0 Å². The third-order valence-corrected chi connectivity index (χ3v) is 4.85. The van der Waals surface area contributed by atoms with Crippen LogP contribution in [0.1, 0.15) is 20.3 Å². The Bertz CT molecular complexity index is 502. The number of carboxylic acids is 1. The van der Waals surface area contributed by atoms with Gasteiger partial charge in [0.15, 0.2) is 9.84 Å². The van der Waals surface area contributed by atoms with Crippen molar-refractivity contribution in [2.24, 2.45) is 0 Å². The lowest BCUT2D eigenvalue weighted by molar-refractivity contribution is -0.138. The number of aliphatic carboxylic acids is 1. The van der Waals surface area contributed by atoms with E-state index in [1.54, 1.807) is 13.8 Å². The molecule has 2 N–H and O–H groups in total. The number of carboxylic acid groups (broad SMARTS) is 1. The van der Waals surface area contributed by atoms with E-state index in [1.165, 1.54) is 12.0 Å². The monoisotopic (exact) mass is 322 g/mol. The summed E-state index contributed by atoms with van der Waals surface area (Å²) in [5, 5.41) is 11.6. The zero-order chi connectivity index (χ0) is 16.3. The van der Waals surface area contributed by atoms with Gasteiger partial charge in [-0.05, 0) is 13.8 Å². The molecule has 1 rings (SSSR count). The van der Waals surface area contributed by atoms with Gasteiger partial charge in [-0.1, -0.05) is 0 Å². The van der Waals surface area contributed by atoms with E-state index in [2.05, 4.69) is 5.32 Å². The maximum atomic E-state index is 12.3. The number of nitrogens with zero attached hydrogens (tertiary/aromatic N) is 1. The summed E-state index contributed by atoms with van der Waals surface area (Å²) < 4.78 is 28.3. The van der Waals surface area contributed by atoms with Crippen molar-refractivity contribution in [1.82, 2.24) is 10.2 Å². The summed E-state index contributed by atoms with van der Waals surface area (Å²) in [4.78, 5) is 24.4. The predicted molar refractivity (Wildman–Crippen MR) is 75.9 cm³/mol. The summed E-state index contributed by atoms with van der Waals surface area (Å²) in [7, 11) is -1.80. The van der Waals surface area contributed by atoms with Gasteiger partial charge in [0.1, 0.15) is 0 Å². The summed E-state index contributed by atoms with van der Waals surface area (Å²) in [6, 6.07) is -1.32. The zero-order valence-electron chi connectivity index (χ0n) is 12.5. The highest BCUT2D eigenvalue weighted by Crippen LogP contribution is 2.16. The molecule has 2 amide bonds. The first-order valence-electron chi connectivity index (χ1n) is 6.56. The molecule has 0 saturated carbocycles. The van der Waals surface area contributed by atoms with Gasteiger partial charge in [0.25, 0.3) is 0 Å². The van der Waals surface area contributed by atoms with Crippen LogP contribution in [-0.2, 0) is 19.4 Å². The Kier molecular flexibility index (Phi) is 5.57. The molecule has 8 nitrogen and oxygen atoms in total. The SMILES string of the molecule is COCC(C)(C)NC(=O)N1CCS(=O)(=O)CC1CC(=O)O. The van der Waals surface area contributed by atoms with Crippen LogP contribution in [0.4, 0.5) is 4.79 Å². The number of ether oxygens (including phenoxy) is 1. The summed E-state index contributed by atoms with van der Waals surface area (Å²) in [5.41, 5.74) is -0.629. The Hall–Kier alpha value is -1.35. The molecule has 0 aromatic heterocycles. The molecule has 0 spiro atoms. The Morgan fingerprint density at radius 2 is 2.05 bits per heavy atom. The lowest BCUT2D eigenvalue weighted by Gasteiger charge is -2.37. The molecule has 0 radical (unpaired) electrons. The highest BCUT2D eigenvalue weighted by atomic mass is 32.2. The van der Waals surface area contributed by atoms with Crippen LogP contribution in [0.15, 0.2) is 0 Å². The van der Waals surface area contributed by atoms with Crippen LogP contribution in [0.2, 0.25) is 0 Å². The van der Waals surface area contributed by atoms with Gasteiger partial charge >= 0.3 is 12.0 Å². The largest absolute Gasteiger partial charge is 0.481 e. The maximum absolute atomic E-state index is 12.3. The number of methoxy groups -OCH3 is 1. The highest BCUT2D eigenvalue weighted by Gasteiger charge is 2.36. The van der Waals surface area contributed by atoms with Gasteiger partial charge in [-0.3, -0.25) is 4.79 Å². The second kappa shape index (κ2) is 6.61. The smallest absolute Gasteiger partial charge is 0.318 e. The van der Waals surface area contributed by atoms with Gasteiger partial charge in [0.2, 0.25) is 0 Å². The fourth-order valence-electron chi connectivity index (χ4n) is 2.28. The van der Waals surface area contributed by atoms with E-state index in [0.717, 1.165) is 0 Å². The molecule has 1 unspecified atom stereocenters. The molecular weight excluding hydrogens is 300 g/mol. The normalized spacial score (nSPS) is 21.9. The van der Waals surface area contributed by atoms with Crippen molar-refractivity contribution in [2.45, 2.75) is 31.8 Å². The maximum Gasteiger partial charge on any atom is 0.318 e. The average molecular weight is 322 g/mol. The van der Waals surface area contributed by atoms with Gasteiger partial charge in [0, 0.05) is 13.7 Å². The summed E-state index contributed by atoms with van der Waals surface area (Å²) >= 11 is 0. The number of carbonyl (C=O) groups excluding carboxylic acids is 1. The molecule has 0 aliphatic carbocycles. The summed E-state index contributed by atoms with van der Waals surface area (Å²) in [6.07, 6.45) is -0.392.